The fourth-order valence-corrected chi connectivity index (χ4v) is 2.48. The third kappa shape index (κ3) is 1.65. The third-order valence-corrected chi connectivity index (χ3v) is 3.35. The average molecular weight is 256 g/mol. The van der Waals surface area contributed by atoms with E-state index in [0.29, 0.717) is 18.6 Å². The van der Waals surface area contributed by atoms with Crippen molar-refractivity contribution in [1.29, 1.82) is 0 Å². The van der Waals surface area contributed by atoms with E-state index in [1.165, 1.54) is 0 Å². The predicted octanol–water partition coefficient (Wildman–Crippen LogP) is 2.02. The van der Waals surface area contributed by atoms with Gasteiger partial charge in [0, 0.05) is 18.4 Å². The van der Waals surface area contributed by atoms with Crippen molar-refractivity contribution in [2.45, 2.75) is 33.2 Å². The Bertz CT molecular complexity index is 800. The van der Waals surface area contributed by atoms with E-state index in [4.69, 9.17) is 0 Å². The highest BCUT2D eigenvalue weighted by atomic mass is 16.1. The van der Waals surface area contributed by atoms with Crippen molar-refractivity contribution in [3.63, 3.8) is 0 Å². The maximum Gasteiger partial charge on any atom is 0.335 e. The predicted molar refractivity (Wildman–Crippen MR) is 74.4 cm³/mol. The van der Waals surface area contributed by atoms with Gasteiger partial charge in [-0.15, -0.1) is 10.2 Å². The Balaban J connectivity index is 2.55. The summed E-state index contributed by atoms with van der Waals surface area (Å²) in [6, 6.07) is 7.86. The zero-order valence-corrected chi connectivity index (χ0v) is 11.1. The number of rotatable bonds is 3. The third-order valence-electron chi connectivity index (χ3n) is 3.35. The Hall–Kier alpha value is -2.17. The Morgan fingerprint density at radius 3 is 2.68 bits per heavy atom. The van der Waals surface area contributed by atoms with Crippen LogP contribution in [0.3, 0.4) is 0 Å². The van der Waals surface area contributed by atoms with Crippen LogP contribution in [-0.4, -0.2) is 19.2 Å². The van der Waals surface area contributed by atoms with Gasteiger partial charge >= 0.3 is 5.69 Å². The van der Waals surface area contributed by atoms with Gasteiger partial charge in [-0.1, -0.05) is 26.0 Å². The second-order valence-electron chi connectivity index (χ2n) is 4.58. The molecule has 0 unspecified atom stereocenters. The average Bonchev–Trinajstić information content (AvgIpc) is 2.87. The summed E-state index contributed by atoms with van der Waals surface area (Å²) in [4.78, 5) is 12.6. The molecule has 0 aliphatic carbocycles. The molecule has 0 N–H and O–H groups in total. The van der Waals surface area contributed by atoms with Crippen LogP contribution in [0.4, 0.5) is 0 Å². The summed E-state index contributed by atoms with van der Waals surface area (Å²) in [6.07, 6.45) is 1.61. The van der Waals surface area contributed by atoms with Crippen molar-refractivity contribution < 1.29 is 0 Å². The molecule has 0 spiro atoms. The van der Waals surface area contributed by atoms with Gasteiger partial charge in [-0.2, -0.15) is 0 Å². The lowest BCUT2D eigenvalue weighted by atomic mass is 10.2. The molecular formula is C14H16N4O. The van der Waals surface area contributed by atoms with Gasteiger partial charge in [-0.05, 0) is 18.6 Å². The standard InChI is InChI=1S/C14H16N4O/c1-3-9-17-11-8-6-5-7-10(11)13-16-15-12(4-2)18(13)14(17)19/h5-8H,3-4,9H2,1-2H3. The molecule has 0 amide bonds. The number of para-hydroxylation sites is 1. The van der Waals surface area contributed by atoms with Crippen LogP contribution in [0.2, 0.25) is 0 Å². The van der Waals surface area contributed by atoms with Crippen LogP contribution in [0, 0.1) is 0 Å². The molecule has 3 aromatic rings. The lowest BCUT2D eigenvalue weighted by molar-refractivity contribution is 0.646. The van der Waals surface area contributed by atoms with Gasteiger partial charge in [-0.25, -0.2) is 9.20 Å². The highest BCUT2D eigenvalue weighted by Gasteiger charge is 2.14. The van der Waals surface area contributed by atoms with Gasteiger partial charge in [-0.3, -0.25) is 4.57 Å². The topological polar surface area (TPSA) is 52.2 Å². The molecule has 0 atom stereocenters. The highest BCUT2D eigenvalue weighted by molar-refractivity contribution is 5.91. The first-order valence-electron chi connectivity index (χ1n) is 6.63. The summed E-state index contributed by atoms with van der Waals surface area (Å²) in [5, 5.41) is 9.28. The van der Waals surface area contributed by atoms with Crippen LogP contribution in [0.1, 0.15) is 26.1 Å². The van der Waals surface area contributed by atoms with E-state index in [9.17, 15) is 4.79 Å². The van der Waals surface area contributed by atoms with Gasteiger partial charge in [0.15, 0.2) is 5.65 Å². The molecule has 0 saturated heterocycles. The number of benzene rings is 1. The van der Waals surface area contributed by atoms with Gasteiger partial charge in [0.2, 0.25) is 0 Å². The van der Waals surface area contributed by atoms with E-state index >= 15 is 0 Å². The number of fused-ring (bicyclic) bond motifs is 3. The second-order valence-corrected chi connectivity index (χ2v) is 4.58. The van der Waals surface area contributed by atoms with Crippen molar-refractivity contribution in [2.75, 3.05) is 0 Å². The molecule has 2 heterocycles. The summed E-state index contributed by atoms with van der Waals surface area (Å²) in [7, 11) is 0. The minimum Gasteiger partial charge on any atom is -0.293 e. The van der Waals surface area contributed by atoms with Crippen LogP contribution in [-0.2, 0) is 13.0 Å². The number of hydrogen-bond acceptors (Lipinski definition) is 3. The van der Waals surface area contributed by atoms with E-state index in [1.807, 2.05) is 35.8 Å². The summed E-state index contributed by atoms with van der Waals surface area (Å²) in [5.74, 6) is 0.718. The molecular weight excluding hydrogens is 240 g/mol. The van der Waals surface area contributed by atoms with Gasteiger partial charge in [0.05, 0.1) is 5.52 Å². The van der Waals surface area contributed by atoms with Crippen LogP contribution >= 0.6 is 0 Å². The lowest BCUT2D eigenvalue weighted by Crippen LogP contribution is -2.28. The molecule has 2 aromatic heterocycles. The Morgan fingerprint density at radius 1 is 1.16 bits per heavy atom. The first-order valence-corrected chi connectivity index (χ1v) is 6.63. The van der Waals surface area contributed by atoms with E-state index in [0.717, 1.165) is 23.1 Å². The summed E-state index contributed by atoms with van der Waals surface area (Å²) < 4.78 is 3.45. The molecule has 0 aliphatic heterocycles. The molecule has 3 rings (SSSR count). The SMILES string of the molecule is CCCn1c(=O)n2c(CC)nnc2c2ccccc21. The summed E-state index contributed by atoms with van der Waals surface area (Å²) in [5.41, 5.74) is 1.54. The fraction of sp³-hybridized carbons (Fsp3) is 0.357. The molecule has 0 radical (unpaired) electrons. The van der Waals surface area contributed by atoms with Gasteiger partial charge in [0.1, 0.15) is 5.82 Å². The number of nitrogens with zero attached hydrogens (tertiary/aromatic N) is 4. The van der Waals surface area contributed by atoms with Crippen LogP contribution < -0.4 is 5.69 Å². The van der Waals surface area contributed by atoms with Crippen LogP contribution in [0.5, 0.6) is 0 Å². The molecule has 98 valence electrons. The molecule has 0 aliphatic rings. The second kappa shape index (κ2) is 4.50. The van der Waals surface area contributed by atoms with E-state index in [1.54, 1.807) is 4.40 Å². The van der Waals surface area contributed by atoms with Crippen LogP contribution in [0.25, 0.3) is 16.6 Å². The van der Waals surface area contributed by atoms with E-state index in [2.05, 4.69) is 17.1 Å². The van der Waals surface area contributed by atoms with Crippen molar-refractivity contribution in [1.82, 2.24) is 19.2 Å². The minimum atomic E-state index is -0.0441. The van der Waals surface area contributed by atoms with Crippen molar-refractivity contribution in [2.24, 2.45) is 0 Å². The molecule has 5 heteroatoms. The molecule has 19 heavy (non-hydrogen) atoms. The maximum absolute atomic E-state index is 12.6. The molecule has 0 saturated carbocycles. The molecule has 1 aromatic carbocycles. The number of aromatic nitrogens is 4. The summed E-state index contributed by atoms with van der Waals surface area (Å²) >= 11 is 0. The van der Waals surface area contributed by atoms with Crippen molar-refractivity contribution in [3.05, 3.63) is 40.6 Å². The number of aryl methyl sites for hydroxylation is 2. The normalized spacial score (nSPS) is 11.5. The van der Waals surface area contributed by atoms with Gasteiger partial charge < -0.3 is 0 Å². The largest absolute Gasteiger partial charge is 0.335 e. The Morgan fingerprint density at radius 2 is 1.95 bits per heavy atom. The van der Waals surface area contributed by atoms with Gasteiger partial charge in [0.25, 0.3) is 0 Å². The smallest absolute Gasteiger partial charge is 0.293 e. The molecule has 0 fully saturated rings. The quantitative estimate of drug-likeness (QED) is 0.720. The highest BCUT2D eigenvalue weighted by Crippen LogP contribution is 2.17. The Labute approximate surface area is 110 Å². The van der Waals surface area contributed by atoms with E-state index in [-0.39, 0.29) is 5.69 Å². The lowest BCUT2D eigenvalue weighted by Gasteiger charge is -2.10. The Kier molecular flexibility index (Phi) is 2.81. The molecule has 0 bridgehead atoms. The van der Waals surface area contributed by atoms with Crippen molar-refractivity contribution in [3.8, 4) is 0 Å². The maximum atomic E-state index is 12.6. The first kappa shape index (κ1) is 11.9. The van der Waals surface area contributed by atoms with Crippen LogP contribution in [0.15, 0.2) is 29.1 Å². The summed E-state index contributed by atoms with van der Waals surface area (Å²) in [6.45, 7) is 4.75. The number of hydrogen-bond donors (Lipinski definition) is 0. The zero-order valence-electron chi connectivity index (χ0n) is 11.1. The van der Waals surface area contributed by atoms with E-state index < -0.39 is 0 Å². The van der Waals surface area contributed by atoms with Crippen molar-refractivity contribution >= 4 is 16.6 Å². The molecule has 5 nitrogen and oxygen atoms in total. The monoisotopic (exact) mass is 256 g/mol. The zero-order chi connectivity index (χ0) is 13.4. The fourth-order valence-electron chi connectivity index (χ4n) is 2.48. The minimum absolute atomic E-state index is 0.0441. The first-order chi connectivity index (χ1) is 9.27.